The first-order valence-electron chi connectivity index (χ1n) is 6.41. The van der Waals surface area contributed by atoms with Crippen molar-refractivity contribution in [1.29, 1.82) is 0 Å². The van der Waals surface area contributed by atoms with Crippen LogP contribution in [0, 0.1) is 0 Å². The van der Waals surface area contributed by atoms with Crippen LogP contribution in [0.3, 0.4) is 0 Å². The number of nitrogens with one attached hydrogen (secondary N) is 1. The van der Waals surface area contributed by atoms with Crippen molar-refractivity contribution in [3.63, 3.8) is 0 Å². The summed E-state index contributed by atoms with van der Waals surface area (Å²) in [6, 6.07) is 0. The summed E-state index contributed by atoms with van der Waals surface area (Å²) in [6.07, 6.45) is 4.24. The summed E-state index contributed by atoms with van der Waals surface area (Å²) in [6.45, 7) is 2.06. The Labute approximate surface area is 106 Å². The first kappa shape index (κ1) is 13.0. The number of nitrogens with zero attached hydrogens (tertiary/aromatic N) is 2. The van der Waals surface area contributed by atoms with Gasteiger partial charge in [0.1, 0.15) is 0 Å². The number of aromatic nitrogens is 2. The van der Waals surface area contributed by atoms with Crippen LogP contribution in [0.15, 0.2) is 4.52 Å². The molecular formula is C12H19N3O3. The first-order chi connectivity index (χ1) is 8.67. The van der Waals surface area contributed by atoms with E-state index in [-0.39, 0.29) is 18.1 Å². The first-order valence-corrected chi connectivity index (χ1v) is 6.41. The molecule has 1 aromatic heterocycles. The van der Waals surface area contributed by atoms with E-state index in [2.05, 4.69) is 15.5 Å². The summed E-state index contributed by atoms with van der Waals surface area (Å²) in [5.74, 6) is 1.13. The van der Waals surface area contributed by atoms with Gasteiger partial charge in [-0.15, -0.1) is 0 Å². The summed E-state index contributed by atoms with van der Waals surface area (Å²) in [5.41, 5.74) is -0.348. The molecule has 1 saturated carbocycles. The number of hydrogen-bond donors (Lipinski definition) is 2. The lowest BCUT2D eigenvalue weighted by Gasteiger charge is -2.13. The van der Waals surface area contributed by atoms with Crippen molar-refractivity contribution in [2.45, 2.75) is 51.0 Å². The van der Waals surface area contributed by atoms with Crippen molar-refractivity contribution in [2.75, 3.05) is 6.61 Å². The largest absolute Gasteiger partial charge is 0.394 e. The van der Waals surface area contributed by atoms with E-state index in [0.29, 0.717) is 24.6 Å². The molecule has 0 bridgehead atoms. The van der Waals surface area contributed by atoms with Gasteiger partial charge in [-0.05, 0) is 19.3 Å². The summed E-state index contributed by atoms with van der Waals surface area (Å²) >= 11 is 0. The van der Waals surface area contributed by atoms with Crippen LogP contribution >= 0.6 is 0 Å². The van der Waals surface area contributed by atoms with Gasteiger partial charge in [0.25, 0.3) is 0 Å². The second-order valence-electron chi connectivity index (χ2n) is 4.84. The zero-order chi connectivity index (χ0) is 13.0. The van der Waals surface area contributed by atoms with E-state index < -0.39 is 0 Å². The molecule has 0 aromatic carbocycles. The van der Waals surface area contributed by atoms with Crippen LogP contribution in [0.1, 0.15) is 44.3 Å². The van der Waals surface area contributed by atoms with Gasteiger partial charge in [-0.3, -0.25) is 4.79 Å². The number of aliphatic hydroxyl groups is 1. The lowest BCUT2D eigenvalue weighted by Crippen LogP contribution is -2.39. The molecule has 0 unspecified atom stereocenters. The number of carbonyl (C=O) groups excluding carboxylic acids is 1. The lowest BCUT2D eigenvalue weighted by molar-refractivity contribution is -0.122. The number of amides is 1. The van der Waals surface area contributed by atoms with E-state index in [4.69, 9.17) is 9.63 Å². The molecule has 1 aliphatic carbocycles. The number of carbonyl (C=O) groups is 1. The zero-order valence-corrected chi connectivity index (χ0v) is 10.6. The molecule has 0 spiro atoms. The maximum atomic E-state index is 11.7. The van der Waals surface area contributed by atoms with Gasteiger partial charge in [0, 0.05) is 19.3 Å². The molecule has 1 aromatic rings. The Hall–Kier alpha value is -1.43. The minimum absolute atomic E-state index is 0.0138. The van der Waals surface area contributed by atoms with Gasteiger partial charge in [0.2, 0.25) is 11.8 Å². The molecule has 1 fully saturated rings. The van der Waals surface area contributed by atoms with Crippen LogP contribution in [-0.2, 0) is 17.6 Å². The van der Waals surface area contributed by atoms with Gasteiger partial charge in [0.05, 0.1) is 12.1 Å². The molecular weight excluding hydrogens is 234 g/mol. The Morgan fingerprint density at radius 3 is 2.89 bits per heavy atom. The average molecular weight is 253 g/mol. The van der Waals surface area contributed by atoms with Gasteiger partial charge in [-0.25, -0.2) is 0 Å². The third-order valence-electron chi connectivity index (χ3n) is 3.11. The van der Waals surface area contributed by atoms with Gasteiger partial charge < -0.3 is 14.9 Å². The Morgan fingerprint density at radius 2 is 2.28 bits per heavy atom. The van der Waals surface area contributed by atoms with Gasteiger partial charge in [-0.1, -0.05) is 12.1 Å². The normalized spacial score (nSPS) is 16.6. The fraction of sp³-hybridized carbons (Fsp3) is 0.750. The fourth-order valence-corrected chi connectivity index (χ4v) is 1.77. The molecule has 2 rings (SSSR count). The van der Waals surface area contributed by atoms with Gasteiger partial charge >= 0.3 is 0 Å². The third-order valence-corrected chi connectivity index (χ3v) is 3.11. The lowest BCUT2D eigenvalue weighted by atomic mass is 10.2. The molecule has 100 valence electrons. The standard InChI is InChI=1S/C12H19N3O3/c1-2-3-9-13-11(18-15-9)5-4-10(17)14-12(8-16)6-7-12/h16H,2-8H2,1H3,(H,14,17). The van der Waals surface area contributed by atoms with E-state index in [1.807, 2.05) is 6.92 Å². The molecule has 0 saturated heterocycles. The minimum Gasteiger partial charge on any atom is -0.394 e. The maximum Gasteiger partial charge on any atom is 0.227 e. The van der Waals surface area contributed by atoms with Crippen LogP contribution < -0.4 is 5.32 Å². The second kappa shape index (κ2) is 5.48. The predicted octanol–water partition coefficient (Wildman–Crippen LogP) is 0.596. The van der Waals surface area contributed by atoms with E-state index >= 15 is 0 Å². The SMILES string of the molecule is CCCc1noc(CCC(=O)NC2(CO)CC2)n1. The highest BCUT2D eigenvalue weighted by Crippen LogP contribution is 2.34. The summed E-state index contributed by atoms with van der Waals surface area (Å²) in [4.78, 5) is 15.8. The Morgan fingerprint density at radius 1 is 1.50 bits per heavy atom. The summed E-state index contributed by atoms with van der Waals surface area (Å²) in [5, 5.41) is 15.8. The zero-order valence-electron chi connectivity index (χ0n) is 10.6. The number of rotatable bonds is 7. The van der Waals surface area contributed by atoms with Gasteiger partial charge in [0.15, 0.2) is 5.82 Å². The average Bonchev–Trinajstić information content (AvgIpc) is 2.98. The van der Waals surface area contributed by atoms with Crippen LogP contribution in [-0.4, -0.2) is 33.3 Å². The molecule has 1 amide bonds. The quantitative estimate of drug-likeness (QED) is 0.742. The van der Waals surface area contributed by atoms with Gasteiger partial charge in [-0.2, -0.15) is 4.98 Å². The smallest absolute Gasteiger partial charge is 0.227 e. The van der Waals surface area contributed by atoms with Crippen molar-refractivity contribution < 1.29 is 14.4 Å². The second-order valence-corrected chi connectivity index (χ2v) is 4.84. The van der Waals surface area contributed by atoms with Crippen molar-refractivity contribution in [3.8, 4) is 0 Å². The highest BCUT2D eigenvalue weighted by molar-refractivity contribution is 5.77. The third kappa shape index (κ3) is 3.29. The predicted molar refractivity (Wildman–Crippen MR) is 63.8 cm³/mol. The van der Waals surface area contributed by atoms with E-state index in [1.165, 1.54) is 0 Å². The molecule has 6 nitrogen and oxygen atoms in total. The monoisotopic (exact) mass is 253 g/mol. The molecule has 2 N–H and O–H groups in total. The Kier molecular flexibility index (Phi) is 3.96. The van der Waals surface area contributed by atoms with Crippen molar-refractivity contribution in [3.05, 3.63) is 11.7 Å². The number of hydrogen-bond acceptors (Lipinski definition) is 5. The fourth-order valence-electron chi connectivity index (χ4n) is 1.77. The minimum atomic E-state index is -0.348. The Balaban J connectivity index is 1.75. The molecule has 1 heterocycles. The summed E-state index contributed by atoms with van der Waals surface area (Å²) in [7, 11) is 0. The maximum absolute atomic E-state index is 11.7. The molecule has 0 radical (unpaired) electrons. The molecule has 6 heteroatoms. The van der Waals surface area contributed by atoms with Crippen LogP contribution in [0.2, 0.25) is 0 Å². The van der Waals surface area contributed by atoms with E-state index in [1.54, 1.807) is 0 Å². The highest BCUT2D eigenvalue weighted by Gasteiger charge is 2.43. The van der Waals surface area contributed by atoms with Crippen LogP contribution in [0.4, 0.5) is 0 Å². The van der Waals surface area contributed by atoms with E-state index in [0.717, 1.165) is 25.7 Å². The summed E-state index contributed by atoms with van der Waals surface area (Å²) < 4.78 is 5.05. The molecule has 0 atom stereocenters. The van der Waals surface area contributed by atoms with Crippen molar-refractivity contribution in [1.82, 2.24) is 15.5 Å². The number of aryl methyl sites for hydroxylation is 2. The van der Waals surface area contributed by atoms with Crippen LogP contribution in [0.25, 0.3) is 0 Å². The van der Waals surface area contributed by atoms with Crippen molar-refractivity contribution >= 4 is 5.91 Å². The molecule has 18 heavy (non-hydrogen) atoms. The Bertz CT molecular complexity index is 412. The topological polar surface area (TPSA) is 88.2 Å². The van der Waals surface area contributed by atoms with Crippen molar-refractivity contribution in [2.24, 2.45) is 0 Å². The van der Waals surface area contributed by atoms with Crippen LogP contribution in [0.5, 0.6) is 0 Å². The van der Waals surface area contributed by atoms with E-state index in [9.17, 15) is 4.79 Å². The molecule has 1 aliphatic rings. The number of aliphatic hydroxyl groups excluding tert-OH is 1. The molecule has 0 aliphatic heterocycles. The highest BCUT2D eigenvalue weighted by atomic mass is 16.5.